The number of likely N-dealkylation sites (tertiary alicyclic amines) is 1. The van der Waals surface area contributed by atoms with E-state index in [4.69, 9.17) is 9.84 Å². The minimum atomic E-state index is 0.227. The van der Waals surface area contributed by atoms with Crippen molar-refractivity contribution < 1.29 is 9.84 Å². The molecule has 1 saturated heterocycles. The number of aliphatic hydroxyl groups excluding tert-OH is 1. The highest BCUT2D eigenvalue weighted by molar-refractivity contribution is 5.64. The minimum Gasteiger partial charge on any atom is -0.495 e. The Bertz CT molecular complexity index is 597. The number of nitrogens with zero attached hydrogens (tertiary/aromatic N) is 2. The molecule has 0 saturated carbocycles. The molecule has 2 heterocycles. The van der Waals surface area contributed by atoms with E-state index in [2.05, 4.69) is 35.1 Å². The van der Waals surface area contributed by atoms with Gasteiger partial charge in [0.25, 0.3) is 0 Å². The van der Waals surface area contributed by atoms with Gasteiger partial charge in [0.1, 0.15) is 5.75 Å². The van der Waals surface area contributed by atoms with Gasteiger partial charge >= 0.3 is 0 Å². The summed E-state index contributed by atoms with van der Waals surface area (Å²) in [6, 6.07) is 10.3. The van der Waals surface area contributed by atoms with Gasteiger partial charge in [-0.05, 0) is 56.6 Å². The molecule has 1 aromatic heterocycles. The fourth-order valence-electron chi connectivity index (χ4n) is 2.35. The predicted molar refractivity (Wildman–Crippen MR) is 93.7 cm³/mol. The van der Waals surface area contributed by atoms with Crippen molar-refractivity contribution >= 4 is 0 Å². The molecule has 4 heteroatoms. The largest absolute Gasteiger partial charge is 0.495 e. The summed E-state index contributed by atoms with van der Waals surface area (Å²) < 4.78 is 5.18. The third-order valence-corrected chi connectivity index (χ3v) is 3.91. The maximum atomic E-state index is 8.86. The molecule has 1 aromatic carbocycles. The zero-order valence-electron chi connectivity index (χ0n) is 14.0. The van der Waals surface area contributed by atoms with Crippen LogP contribution in [0.3, 0.4) is 0 Å². The maximum absolute atomic E-state index is 8.86. The summed E-state index contributed by atoms with van der Waals surface area (Å²) in [5, 5.41) is 8.86. The van der Waals surface area contributed by atoms with E-state index in [1.807, 2.05) is 18.3 Å². The van der Waals surface area contributed by atoms with E-state index in [0.29, 0.717) is 0 Å². The van der Waals surface area contributed by atoms with Crippen molar-refractivity contribution in [3.63, 3.8) is 0 Å². The minimum absolute atomic E-state index is 0.227. The Labute approximate surface area is 138 Å². The molecule has 23 heavy (non-hydrogen) atoms. The number of aromatic nitrogens is 1. The van der Waals surface area contributed by atoms with Crippen molar-refractivity contribution in [1.29, 1.82) is 0 Å². The Hall–Kier alpha value is -1.91. The molecule has 1 N–H and O–H groups in total. The Morgan fingerprint density at radius 3 is 2.57 bits per heavy atom. The van der Waals surface area contributed by atoms with Crippen LogP contribution in [-0.4, -0.2) is 48.8 Å². The zero-order valence-corrected chi connectivity index (χ0v) is 14.0. The number of methoxy groups -OCH3 is 1. The molecule has 0 amide bonds. The number of pyridine rings is 1. The van der Waals surface area contributed by atoms with Crippen molar-refractivity contribution in [3.8, 4) is 16.9 Å². The molecule has 0 aliphatic carbocycles. The summed E-state index contributed by atoms with van der Waals surface area (Å²) in [6.07, 6.45) is 6.62. The number of ether oxygens (including phenoxy) is 1. The monoisotopic (exact) mass is 314 g/mol. The van der Waals surface area contributed by atoms with Crippen LogP contribution in [0.1, 0.15) is 18.4 Å². The zero-order chi connectivity index (χ0) is 16.5. The Kier molecular flexibility index (Phi) is 7.04. The predicted octanol–water partition coefficient (Wildman–Crippen LogP) is 3.00. The lowest BCUT2D eigenvalue weighted by atomic mass is 10.0. The van der Waals surface area contributed by atoms with Crippen molar-refractivity contribution in [2.24, 2.45) is 0 Å². The van der Waals surface area contributed by atoms with E-state index >= 15 is 0 Å². The van der Waals surface area contributed by atoms with Crippen molar-refractivity contribution in [2.75, 3.05) is 33.9 Å². The summed E-state index contributed by atoms with van der Waals surface area (Å²) in [6.45, 7) is 2.87. The second kappa shape index (κ2) is 9.28. The summed E-state index contributed by atoms with van der Waals surface area (Å²) in [5.74, 6) is 0.758. The van der Waals surface area contributed by atoms with E-state index in [1.54, 1.807) is 13.3 Å². The van der Waals surface area contributed by atoms with Crippen LogP contribution in [0.2, 0.25) is 0 Å². The number of aryl methyl sites for hydroxylation is 1. The van der Waals surface area contributed by atoms with Crippen LogP contribution in [0, 0.1) is 0 Å². The summed E-state index contributed by atoms with van der Waals surface area (Å²) in [4.78, 5) is 6.46. The van der Waals surface area contributed by atoms with Crippen LogP contribution in [0.15, 0.2) is 42.7 Å². The molecular formula is C19H26N2O2. The fraction of sp³-hybridized carbons (Fsp3) is 0.421. The lowest BCUT2D eigenvalue weighted by molar-refractivity contribution is 0.229. The lowest BCUT2D eigenvalue weighted by Gasteiger charge is -2.24. The van der Waals surface area contributed by atoms with Crippen LogP contribution in [0.4, 0.5) is 0 Å². The summed E-state index contributed by atoms with van der Waals surface area (Å²) in [5.41, 5.74) is 3.39. The Balaban J connectivity index is 0.000000326. The number of aliphatic hydroxyl groups is 1. The molecule has 124 valence electrons. The van der Waals surface area contributed by atoms with Gasteiger partial charge in [0.2, 0.25) is 0 Å². The first-order valence-corrected chi connectivity index (χ1v) is 8.10. The lowest BCUT2D eigenvalue weighted by Crippen LogP contribution is -2.32. The standard InChI is InChI=1S/C15H17NO2.C4H9N/c1-18-15-9-14(10-16-11-15)13-6-2-4-12(8-13)5-3-7-17;1-5-3-2-4-5/h2,4,6,8-11,17H,3,5,7H2,1H3;2-4H2,1H3. The summed E-state index contributed by atoms with van der Waals surface area (Å²) in [7, 11) is 3.78. The van der Waals surface area contributed by atoms with Crippen LogP contribution in [0.25, 0.3) is 11.1 Å². The molecule has 1 fully saturated rings. The normalized spacial score (nSPS) is 13.7. The second-order valence-corrected chi connectivity index (χ2v) is 5.80. The van der Waals surface area contributed by atoms with Crippen molar-refractivity contribution in [2.45, 2.75) is 19.3 Å². The highest BCUT2D eigenvalue weighted by Crippen LogP contribution is 2.23. The molecule has 4 nitrogen and oxygen atoms in total. The summed E-state index contributed by atoms with van der Waals surface area (Å²) >= 11 is 0. The number of hydrogen-bond acceptors (Lipinski definition) is 4. The average Bonchev–Trinajstić information content (AvgIpc) is 2.59. The van der Waals surface area contributed by atoms with E-state index in [0.717, 1.165) is 29.7 Å². The van der Waals surface area contributed by atoms with Crippen LogP contribution >= 0.6 is 0 Å². The van der Waals surface area contributed by atoms with Gasteiger partial charge < -0.3 is 14.7 Å². The van der Waals surface area contributed by atoms with E-state index < -0.39 is 0 Å². The highest BCUT2D eigenvalue weighted by Gasteiger charge is 2.04. The van der Waals surface area contributed by atoms with Crippen LogP contribution in [0.5, 0.6) is 5.75 Å². The molecule has 3 rings (SSSR count). The van der Waals surface area contributed by atoms with Crippen LogP contribution in [-0.2, 0) is 6.42 Å². The molecule has 1 aliphatic heterocycles. The quantitative estimate of drug-likeness (QED) is 0.921. The molecule has 0 unspecified atom stereocenters. The van der Waals surface area contributed by atoms with Gasteiger partial charge in [0, 0.05) is 18.4 Å². The molecule has 0 atom stereocenters. The molecule has 0 spiro atoms. The van der Waals surface area contributed by atoms with E-state index in [1.165, 1.54) is 25.1 Å². The van der Waals surface area contributed by atoms with Crippen LogP contribution < -0.4 is 4.74 Å². The SMILES string of the molecule is CN1CCC1.COc1cncc(-c2cccc(CCCO)c2)c1. The first-order chi connectivity index (χ1) is 11.2. The Morgan fingerprint density at radius 2 is 1.96 bits per heavy atom. The molecule has 0 bridgehead atoms. The number of rotatable bonds is 5. The van der Waals surface area contributed by atoms with Crippen molar-refractivity contribution in [3.05, 3.63) is 48.3 Å². The third kappa shape index (κ3) is 5.66. The van der Waals surface area contributed by atoms with Gasteiger partial charge in [0.05, 0.1) is 13.3 Å². The molecule has 0 radical (unpaired) electrons. The first-order valence-electron chi connectivity index (χ1n) is 8.10. The van der Waals surface area contributed by atoms with Gasteiger partial charge in [-0.3, -0.25) is 4.98 Å². The fourth-order valence-corrected chi connectivity index (χ4v) is 2.35. The third-order valence-electron chi connectivity index (χ3n) is 3.91. The highest BCUT2D eigenvalue weighted by atomic mass is 16.5. The maximum Gasteiger partial charge on any atom is 0.137 e. The first kappa shape index (κ1) is 17.4. The van der Waals surface area contributed by atoms with E-state index in [9.17, 15) is 0 Å². The van der Waals surface area contributed by atoms with E-state index in [-0.39, 0.29) is 6.61 Å². The van der Waals surface area contributed by atoms with Crippen molar-refractivity contribution in [1.82, 2.24) is 9.88 Å². The number of benzene rings is 1. The Morgan fingerprint density at radius 1 is 1.17 bits per heavy atom. The molecule has 1 aliphatic rings. The van der Waals surface area contributed by atoms with Gasteiger partial charge in [-0.2, -0.15) is 0 Å². The molecular weight excluding hydrogens is 288 g/mol. The number of hydrogen-bond donors (Lipinski definition) is 1. The van der Waals surface area contributed by atoms with Gasteiger partial charge in [0.15, 0.2) is 0 Å². The smallest absolute Gasteiger partial charge is 0.137 e. The second-order valence-electron chi connectivity index (χ2n) is 5.80. The topological polar surface area (TPSA) is 45.6 Å². The van der Waals surface area contributed by atoms with Gasteiger partial charge in [-0.25, -0.2) is 0 Å². The molecule has 2 aromatic rings. The van der Waals surface area contributed by atoms with Gasteiger partial charge in [-0.1, -0.05) is 24.3 Å². The average molecular weight is 314 g/mol. The van der Waals surface area contributed by atoms with Gasteiger partial charge in [-0.15, -0.1) is 0 Å².